The molecule has 1 fully saturated rings. The second kappa shape index (κ2) is 8.20. The van der Waals surface area contributed by atoms with E-state index < -0.39 is 0 Å². The smallest absolute Gasteiger partial charge is 0.226 e. The zero-order valence-electron chi connectivity index (χ0n) is 13.5. The monoisotopic (exact) mass is 388 g/mol. The molecule has 1 N–H and O–H groups in total. The second-order valence-corrected chi connectivity index (χ2v) is 6.81. The first-order valence-electron chi connectivity index (χ1n) is 8.18. The molecule has 2 aromatic carbocycles. The average molecular weight is 389 g/mol. The maximum Gasteiger partial charge on any atom is 0.226 e. The van der Waals surface area contributed by atoms with Crippen molar-refractivity contribution in [1.29, 1.82) is 0 Å². The van der Waals surface area contributed by atoms with E-state index in [0.717, 1.165) is 35.4 Å². The number of nitrogens with zero attached hydrogens (tertiary/aromatic N) is 1. The van der Waals surface area contributed by atoms with E-state index in [0.29, 0.717) is 19.1 Å². The van der Waals surface area contributed by atoms with Gasteiger partial charge < -0.3 is 15.0 Å². The lowest BCUT2D eigenvalue weighted by atomic mass is 10.2. The van der Waals surface area contributed by atoms with Gasteiger partial charge in [0.2, 0.25) is 5.91 Å². The van der Waals surface area contributed by atoms with Crippen molar-refractivity contribution in [3.63, 3.8) is 0 Å². The van der Waals surface area contributed by atoms with Gasteiger partial charge in [-0.1, -0.05) is 40.2 Å². The third kappa shape index (κ3) is 4.74. The molecule has 2 aromatic rings. The number of nitrogens with one attached hydrogen (secondary N) is 1. The number of amides is 1. The van der Waals surface area contributed by atoms with Gasteiger partial charge in [-0.2, -0.15) is 0 Å². The highest BCUT2D eigenvalue weighted by atomic mass is 79.9. The lowest BCUT2D eigenvalue weighted by Crippen LogP contribution is -2.32. The first-order chi connectivity index (χ1) is 11.7. The lowest BCUT2D eigenvalue weighted by molar-refractivity contribution is -0.130. The summed E-state index contributed by atoms with van der Waals surface area (Å²) in [5.74, 6) is 0.935. The molecule has 1 atom stereocenters. The summed E-state index contributed by atoms with van der Waals surface area (Å²) in [6.07, 6.45) is 1.39. The molecule has 0 aliphatic carbocycles. The number of carbonyl (C=O) groups excluding carboxylic acids is 1. The quantitative estimate of drug-likeness (QED) is 0.814. The van der Waals surface area contributed by atoms with Crippen LogP contribution in [0.4, 0.5) is 5.69 Å². The molecule has 1 unspecified atom stereocenters. The zero-order valence-corrected chi connectivity index (χ0v) is 15.0. The molecule has 0 spiro atoms. The van der Waals surface area contributed by atoms with Crippen molar-refractivity contribution in [3.8, 4) is 5.75 Å². The molecule has 0 radical (unpaired) electrons. The normalized spacial score (nSPS) is 16.9. The maximum absolute atomic E-state index is 12.3. The summed E-state index contributed by atoms with van der Waals surface area (Å²) in [7, 11) is 0. The van der Waals surface area contributed by atoms with Crippen LogP contribution in [0.25, 0.3) is 0 Å². The molecule has 3 rings (SSSR count). The van der Waals surface area contributed by atoms with Gasteiger partial charge in [0.05, 0.1) is 13.0 Å². The van der Waals surface area contributed by atoms with Crippen molar-refractivity contribution in [3.05, 3.63) is 59.1 Å². The Morgan fingerprint density at radius 2 is 2.04 bits per heavy atom. The minimum absolute atomic E-state index is 0.155. The minimum Gasteiger partial charge on any atom is -0.493 e. The average Bonchev–Trinajstić information content (AvgIpc) is 3.04. The molecule has 5 heteroatoms. The van der Waals surface area contributed by atoms with E-state index in [1.54, 1.807) is 0 Å². The van der Waals surface area contributed by atoms with Gasteiger partial charge in [-0.25, -0.2) is 0 Å². The summed E-state index contributed by atoms with van der Waals surface area (Å²) in [5.41, 5.74) is 1.11. The van der Waals surface area contributed by atoms with Crippen molar-refractivity contribution in [2.45, 2.75) is 18.9 Å². The molecular formula is C19H21BrN2O2. The van der Waals surface area contributed by atoms with Crippen molar-refractivity contribution >= 4 is 27.5 Å². The largest absolute Gasteiger partial charge is 0.493 e. The molecule has 1 amide bonds. The molecule has 126 valence electrons. The molecular weight excluding hydrogens is 368 g/mol. The first kappa shape index (κ1) is 16.8. The van der Waals surface area contributed by atoms with Crippen molar-refractivity contribution in [2.24, 2.45) is 0 Å². The van der Waals surface area contributed by atoms with Crippen LogP contribution in [-0.4, -0.2) is 36.5 Å². The van der Waals surface area contributed by atoms with Crippen molar-refractivity contribution in [2.75, 3.05) is 25.0 Å². The molecule has 0 aromatic heterocycles. The number of ether oxygens (including phenoxy) is 1. The minimum atomic E-state index is 0.155. The molecule has 24 heavy (non-hydrogen) atoms. The standard InChI is InChI=1S/C19H21BrN2O2/c20-15-5-4-8-18(13-15)24-12-10-19(23)22-11-9-17(14-22)21-16-6-2-1-3-7-16/h1-8,13,17,21H,9-12,14H2. The number of rotatable bonds is 6. The maximum atomic E-state index is 12.3. The fraction of sp³-hybridized carbons (Fsp3) is 0.316. The highest BCUT2D eigenvalue weighted by Gasteiger charge is 2.25. The number of benzene rings is 2. The topological polar surface area (TPSA) is 41.6 Å². The van der Waals surface area contributed by atoms with Crippen LogP contribution >= 0.6 is 15.9 Å². The van der Waals surface area contributed by atoms with Gasteiger partial charge in [0.15, 0.2) is 0 Å². The highest BCUT2D eigenvalue weighted by molar-refractivity contribution is 9.10. The Bertz CT molecular complexity index is 678. The Morgan fingerprint density at radius 1 is 1.21 bits per heavy atom. The predicted molar refractivity (Wildman–Crippen MR) is 99.3 cm³/mol. The van der Waals surface area contributed by atoms with Crippen LogP contribution < -0.4 is 10.1 Å². The first-order valence-corrected chi connectivity index (χ1v) is 8.98. The van der Waals surface area contributed by atoms with E-state index in [9.17, 15) is 4.79 Å². The number of likely N-dealkylation sites (tertiary alicyclic amines) is 1. The second-order valence-electron chi connectivity index (χ2n) is 5.89. The van der Waals surface area contributed by atoms with E-state index in [-0.39, 0.29) is 5.91 Å². The zero-order chi connectivity index (χ0) is 16.8. The van der Waals surface area contributed by atoms with Crippen LogP contribution in [0.15, 0.2) is 59.1 Å². The predicted octanol–water partition coefficient (Wildman–Crippen LogP) is 3.93. The van der Waals surface area contributed by atoms with Gasteiger partial charge in [-0.05, 0) is 36.8 Å². The van der Waals surface area contributed by atoms with Gasteiger partial charge in [-0.3, -0.25) is 4.79 Å². The van der Waals surface area contributed by atoms with Crippen LogP contribution in [0.5, 0.6) is 5.75 Å². The lowest BCUT2D eigenvalue weighted by Gasteiger charge is -2.18. The highest BCUT2D eigenvalue weighted by Crippen LogP contribution is 2.19. The third-order valence-corrected chi connectivity index (χ3v) is 4.56. The fourth-order valence-corrected chi connectivity index (χ4v) is 3.22. The van der Waals surface area contributed by atoms with E-state index >= 15 is 0 Å². The van der Waals surface area contributed by atoms with Crippen LogP contribution in [0, 0.1) is 0 Å². The third-order valence-electron chi connectivity index (χ3n) is 4.07. The van der Waals surface area contributed by atoms with E-state index in [2.05, 4.69) is 33.4 Å². The van der Waals surface area contributed by atoms with Gasteiger partial charge in [-0.15, -0.1) is 0 Å². The molecule has 1 heterocycles. The Morgan fingerprint density at radius 3 is 2.83 bits per heavy atom. The number of hydrogen-bond donors (Lipinski definition) is 1. The van der Waals surface area contributed by atoms with Gasteiger partial charge >= 0.3 is 0 Å². The van der Waals surface area contributed by atoms with E-state index in [4.69, 9.17) is 4.74 Å². The fourth-order valence-electron chi connectivity index (χ4n) is 2.85. The van der Waals surface area contributed by atoms with Crippen LogP contribution in [-0.2, 0) is 4.79 Å². The number of para-hydroxylation sites is 1. The van der Waals surface area contributed by atoms with Gasteiger partial charge in [0, 0.05) is 29.3 Å². The number of anilines is 1. The number of carbonyl (C=O) groups is 1. The summed E-state index contributed by atoms with van der Waals surface area (Å²) in [6, 6.07) is 18.1. The molecule has 1 saturated heterocycles. The summed E-state index contributed by atoms with van der Waals surface area (Å²) in [6.45, 7) is 1.97. The van der Waals surface area contributed by atoms with Crippen LogP contribution in [0.3, 0.4) is 0 Å². The molecule has 0 saturated carbocycles. The summed E-state index contributed by atoms with van der Waals surface area (Å²) >= 11 is 3.41. The SMILES string of the molecule is O=C(CCOc1cccc(Br)c1)N1CCC(Nc2ccccc2)C1. The van der Waals surface area contributed by atoms with Gasteiger partial charge in [0.1, 0.15) is 5.75 Å². The molecule has 4 nitrogen and oxygen atoms in total. The Labute approximate surface area is 150 Å². The van der Waals surface area contributed by atoms with Crippen LogP contribution in [0.2, 0.25) is 0 Å². The number of hydrogen-bond acceptors (Lipinski definition) is 3. The van der Waals surface area contributed by atoms with E-state index in [1.807, 2.05) is 47.4 Å². The molecule has 0 bridgehead atoms. The molecule has 1 aliphatic rings. The Balaban J connectivity index is 1.41. The van der Waals surface area contributed by atoms with Crippen molar-refractivity contribution < 1.29 is 9.53 Å². The van der Waals surface area contributed by atoms with E-state index in [1.165, 1.54) is 0 Å². The summed E-state index contributed by atoms with van der Waals surface area (Å²) in [4.78, 5) is 14.2. The Hall–Kier alpha value is -2.01. The molecule has 1 aliphatic heterocycles. The Kier molecular flexibility index (Phi) is 5.75. The summed E-state index contributed by atoms with van der Waals surface area (Å²) in [5, 5.41) is 3.48. The van der Waals surface area contributed by atoms with Crippen LogP contribution in [0.1, 0.15) is 12.8 Å². The summed E-state index contributed by atoms with van der Waals surface area (Å²) < 4.78 is 6.62. The van der Waals surface area contributed by atoms with Gasteiger partial charge in [0.25, 0.3) is 0 Å². The number of halogens is 1. The van der Waals surface area contributed by atoms with Crippen molar-refractivity contribution in [1.82, 2.24) is 4.90 Å².